The van der Waals surface area contributed by atoms with Gasteiger partial charge in [-0.15, -0.1) is 0 Å². The largest absolute Gasteiger partial charge is 1.00 e. The minimum atomic E-state index is -1.75. The van der Waals surface area contributed by atoms with Gasteiger partial charge in [0.05, 0.1) is 12.2 Å². The molecule has 0 aliphatic carbocycles. The number of nitrogens with zero attached hydrogens (tertiary/aromatic N) is 4. The number of hydrogen-bond acceptors (Lipinski definition) is 16. The summed E-state index contributed by atoms with van der Waals surface area (Å²) in [5, 5.41) is 36.9. The van der Waals surface area contributed by atoms with Crippen LogP contribution in [0.1, 0.15) is 141 Å². The van der Waals surface area contributed by atoms with Crippen molar-refractivity contribution in [1.29, 1.82) is 0 Å². The van der Waals surface area contributed by atoms with Crippen LogP contribution in [0.5, 0.6) is 0 Å². The number of aromatic nitrogens is 2. The third-order valence-electron chi connectivity index (χ3n) is 14.9. The van der Waals surface area contributed by atoms with Crippen molar-refractivity contribution in [3.8, 4) is 22.3 Å². The Kier molecular flexibility index (Phi) is 33.2. The number of Topliss-reactive ketones (excluding diaryl/α,β-unsaturated/α-hetero) is 2. The van der Waals surface area contributed by atoms with E-state index in [2.05, 4.69) is 31.5 Å². The molecule has 2 saturated heterocycles. The predicted molar refractivity (Wildman–Crippen MR) is 329 cm³/mol. The van der Waals surface area contributed by atoms with Crippen LogP contribution in [0, 0.1) is 23.7 Å². The van der Waals surface area contributed by atoms with Gasteiger partial charge in [-0.25, -0.2) is 10.9 Å². The Morgan fingerprint density at radius 3 is 1.38 bits per heavy atom. The maximum Gasteiger partial charge on any atom is 1.00 e. The molecule has 6 rings (SSSR count). The Morgan fingerprint density at radius 2 is 1.02 bits per heavy atom. The molecule has 0 unspecified atom stereocenters. The molecule has 2 aromatic carbocycles. The SMILES string of the molecule is CC(C)[C@H](CC(=O)CCc1ccc(-c2cccc([C@@H](C)O)c2)cn1)C(=O)N[C@@H](C)C(=O)N1CCC[C@@H](C(=O)O)N1.CC(C)[C@H](CC(=O)CCc1ccc(-c2cccc([C@@H](C)O)c2)cn1)C(=O)N[C@@H](C)C(=O)N1CCC[C@@H](C(=O)OCC(Cl)(Cl)Cl)N1.O.[Li+].[OH-]. The smallest absolute Gasteiger partial charge is 0.870 e. The molecular weight excluding hydrogens is 1190 g/mol. The minimum absolute atomic E-state index is 0. The van der Waals surface area contributed by atoms with Gasteiger partial charge in [0.15, 0.2) is 0 Å². The summed E-state index contributed by atoms with van der Waals surface area (Å²) in [6.07, 6.45) is 5.73. The second kappa shape index (κ2) is 37.3. The quantitative estimate of drug-likeness (QED) is 0.0281. The monoisotopic (exact) mass is 1280 g/mol. The first-order chi connectivity index (χ1) is 40.1. The molecule has 0 saturated carbocycles. The number of ketones is 2. The summed E-state index contributed by atoms with van der Waals surface area (Å²) < 4.78 is 3.28. The number of amides is 4. The second-order valence-electron chi connectivity index (χ2n) is 22.5. The number of ether oxygens (including phenoxy) is 1. The number of nitrogens with one attached hydrogen (secondary N) is 4. The molecule has 0 radical (unpaired) electrons. The average Bonchev–Trinajstić information content (AvgIpc) is 1.84. The molecule has 88 heavy (non-hydrogen) atoms. The Morgan fingerprint density at radius 1 is 0.625 bits per heavy atom. The number of esters is 1. The van der Waals surface area contributed by atoms with Gasteiger partial charge in [0.25, 0.3) is 11.8 Å². The summed E-state index contributed by atoms with van der Waals surface area (Å²) in [7, 11) is 0. The third kappa shape index (κ3) is 24.8. The van der Waals surface area contributed by atoms with Crippen LogP contribution in [0.2, 0.25) is 0 Å². The fraction of sp³-hybridized carbons (Fsp3) is 0.516. The van der Waals surface area contributed by atoms with E-state index >= 15 is 0 Å². The number of hydrogen-bond donors (Lipinski definition) is 7. The molecule has 22 nitrogen and oxygen atoms in total. The van der Waals surface area contributed by atoms with Crippen LogP contribution < -0.4 is 40.3 Å². The van der Waals surface area contributed by atoms with Gasteiger partial charge in [0.2, 0.25) is 15.6 Å². The molecule has 0 spiro atoms. The molecule has 2 aliphatic heterocycles. The van der Waals surface area contributed by atoms with Gasteiger partial charge in [-0.1, -0.05) is 111 Å². The summed E-state index contributed by atoms with van der Waals surface area (Å²) in [5.41, 5.74) is 12.4. The van der Waals surface area contributed by atoms with E-state index in [9.17, 15) is 53.7 Å². The van der Waals surface area contributed by atoms with Crippen LogP contribution in [0.4, 0.5) is 0 Å². The van der Waals surface area contributed by atoms with Gasteiger partial charge >= 0.3 is 30.8 Å². The zero-order chi connectivity index (χ0) is 62.7. The van der Waals surface area contributed by atoms with Crippen LogP contribution in [0.25, 0.3) is 22.3 Å². The van der Waals surface area contributed by atoms with Gasteiger partial charge < -0.3 is 41.6 Å². The number of aliphatic hydroxyl groups excluding tert-OH is 2. The molecule has 4 heterocycles. The molecular formula is C62H84Cl3LiN8O14. The Bertz CT molecular complexity index is 2940. The van der Waals surface area contributed by atoms with Crippen molar-refractivity contribution in [2.45, 2.75) is 160 Å². The van der Waals surface area contributed by atoms with Crippen molar-refractivity contribution in [3.63, 3.8) is 0 Å². The fourth-order valence-corrected chi connectivity index (χ4v) is 9.82. The van der Waals surface area contributed by atoms with Crippen LogP contribution >= 0.6 is 34.8 Å². The van der Waals surface area contributed by atoms with Gasteiger partial charge in [-0.2, -0.15) is 0 Å². The number of carbonyl (C=O) groups is 8. The molecule has 4 amide bonds. The summed E-state index contributed by atoms with van der Waals surface area (Å²) in [6, 6.07) is 19.5. The zero-order valence-corrected chi connectivity index (χ0v) is 53.7. The van der Waals surface area contributed by atoms with Crippen molar-refractivity contribution in [1.82, 2.24) is 41.5 Å². The molecule has 4 aromatic rings. The number of rotatable bonds is 25. The minimum Gasteiger partial charge on any atom is -0.870 e. The summed E-state index contributed by atoms with van der Waals surface area (Å²) in [6.45, 7) is 14.3. The Labute approximate surface area is 541 Å². The fourth-order valence-electron chi connectivity index (χ4n) is 9.66. The number of aliphatic carboxylic acids is 1. The van der Waals surface area contributed by atoms with Crippen molar-refractivity contribution < 1.29 is 88.2 Å². The zero-order valence-electron chi connectivity index (χ0n) is 51.4. The standard InChI is InChI=1S/C32H41Cl3N4O6.C30H40N4O6.Li.2H2O/c1-19(2)27(16-26(41)13-12-25-11-10-24(17-36-25)23-8-5-7-22(15-23)21(4)40)29(42)37-20(3)30(43)39-14-6-9-28(38-39)31(44)45-18-32(33,34)35;1-18(2)26(28(37)32-19(3)29(38)34-14-6-9-27(33-34)30(39)40)16-25(36)13-12-24-11-10-23(17-31-24)22-8-5-7-21(15-22)20(4)35;;;/h5,7-8,10-11,15,17,19-21,27-28,38,40H,6,9,12-14,16,18H2,1-4H3,(H,37,42);5,7-8,10-11,15,17-20,26-27,33,35H,6,9,12-14,16H2,1-4H3,(H,32,37)(H,39,40);;2*1H2/q;;+1;;/p-1/t20-,21+,27-,28-;19-,20+,26-,27-;;;/m00.../s1. The van der Waals surface area contributed by atoms with E-state index in [1.165, 1.54) is 10.0 Å². The van der Waals surface area contributed by atoms with Crippen LogP contribution in [0.3, 0.4) is 0 Å². The molecule has 2 aliphatic rings. The van der Waals surface area contributed by atoms with Crippen molar-refractivity contribution in [3.05, 3.63) is 108 Å². The molecule has 26 heteroatoms. The number of benzene rings is 2. The molecule has 2 fully saturated rings. The van der Waals surface area contributed by atoms with Gasteiger partial charge in [-0.05, 0) is 125 Å². The summed E-state index contributed by atoms with van der Waals surface area (Å²) >= 11 is 16.9. The number of carboxylic acids is 1. The normalized spacial score (nSPS) is 16.9. The maximum absolute atomic E-state index is 13.2. The first-order valence-corrected chi connectivity index (χ1v) is 30.0. The number of pyridine rings is 2. The average molecular weight is 1280 g/mol. The number of alkyl halides is 3. The Hall–Kier alpha value is -5.87. The molecule has 8 atom stereocenters. The van der Waals surface area contributed by atoms with Crippen molar-refractivity contribution >= 4 is 81.9 Å². The summed E-state index contributed by atoms with van der Waals surface area (Å²) in [5.74, 6) is -4.91. The molecule has 10 N–H and O–H groups in total. The van der Waals surface area contributed by atoms with E-state index in [4.69, 9.17) is 39.5 Å². The topological polar surface area (TPSA) is 348 Å². The van der Waals surface area contributed by atoms with Crippen molar-refractivity contribution in [2.75, 3.05) is 19.7 Å². The van der Waals surface area contributed by atoms with Crippen LogP contribution in [-0.4, -0.2) is 141 Å². The van der Waals surface area contributed by atoms with E-state index in [0.29, 0.717) is 51.6 Å². The van der Waals surface area contributed by atoms with Gasteiger partial charge in [0, 0.05) is 85.5 Å². The number of aryl methyl sites for hydroxylation is 2. The van der Waals surface area contributed by atoms with Gasteiger partial charge in [-0.3, -0.25) is 58.3 Å². The van der Waals surface area contributed by atoms with E-state index in [0.717, 1.165) is 44.8 Å². The first kappa shape index (κ1) is 78.2. The predicted octanol–water partition coefficient (Wildman–Crippen LogP) is 3.93. The van der Waals surface area contributed by atoms with Crippen LogP contribution in [-0.2, 0) is 55.9 Å². The number of carboxylic acid groups (broad SMARTS) is 1. The van der Waals surface area contributed by atoms with Crippen molar-refractivity contribution in [2.24, 2.45) is 23.7 Å². The van der Waals surface area contributed by atoms with E-state index in [1.54, 1.807) is 40.1 Å². The van der Waals surface area contributed by atoms with E-state index < -0.39 is 88.3 Å². The maximum atomic E-state index is 13.2. The van der Waals surface area contributed by atoms with Gasteiger partial charge in [0.1, 0.15) is 42.3 Å². The first-order valence-electron chi connectivity index (χ1n) is 28.8. The van der Waals surface area contributed by atoms with Crippen LogP contribution in [0.15, 0.2) is 85.2 Å². The number of aliphatic hydroxyl groups is 2. The third-order valence-corrected chi connectivity index (χ3v) is 15.2. The molecule has 0 bridgehead atoms. The number of halogens is 3. The second-order valence-corrected chi connectivity index (χ2v) is 25.0. The summed E-state index contributed by atoms with van der Waals surface area (Å²) in [4.78, 5) is 110. The number of carbonyl (C=O) groups excluding carboxylic acids is 7. The van der Waals surface area contributed by atoms with E-state index in [-0.39, 0.29) is 84.8 Å². The Balaban J connectivity index is 0.000000584. The van der Waals surface area contributed by atoms with E-state index in [1.807, 2.05) is 100 Å². The molecule has 2 aromatic heterocycles. The molecule has 478 valence electrons. The number of hydrazine groups is 2.